The predicted octanol–water partition coefficient (Wildman–Crippen LogP) is 3.55. The minimum atomic E-state index is -3.53. The molecular formula is C25H30N4O4S. The molecule has 180 valence electrons. The fourth-order valence-corrected chi connectivity index (χ4v) is 5.29. The summed E-state index contributed by atoms with van der Waals surface area (Å²) in [7, 11) is -3.53. The van der Waals surface area contributed by atoms with Gasteiger partial charge < -0.3 is 14.6 Å². The van der Waals surface area contributed by atoms with Gasteiger partial charge in [-0.3, -0.25) is 4.79 Å². The van der Waals surface area contributed by atoms with Crippen LogP contribution in [0.3, 0.4) is 0 Å². The first-order chi connectivity index (χ1) is 16.3. The lowest BCUT2D eigenvalue weighted by Crippen LogP contribution is -2.48. The number of benzene rings is 2. The van der Waals surface area contributed by atoms with Crippen LogP contribution in [0.4, 0.5) is 5.69 Å². The van der Waals surface area contributed by atoms with Gasteiger partial charge in [-0.2, -0.15) is 4.31 Å². The van der Waals surface area contributed by atoms with Crippen LogP contribution in [0.1, 0.15) is 24.8 Å². The minimum absolute atomic E-state index is 0.193. The van der Waals surface area contributed by atoms with Gasteiger partial charge in [0.1, 0.15) is 0 Å². The molecule has 1 amide bonds. The number of likely N-dealkylation sites (N-methyl/N-ethyl adjacent to an activating group) is 1. The third-order valence-electron chi connectivity index (χ3n) is 6.01. The van der Waals surface area contributed by atoms with Crippen molar-refractivity contribution in [3.8, 4) is 11.3 Å². The Bertz CT molecular complexity index is 1210. The van der Waals surface area contributed by atoms with Crippen LogP contribution in [0.25, 0.3) is 11.3 Å². The summed E-state index contributed by atoms with van der Waals surface area (Å²) in [4.78, 5) is 19.1. The van der Waals surface area contributed by atoms with E-state index in [1.807, 2.05) is 31.2 Å². The lowest BCUT2D eigenvalue weighted by molar-refractivity contribution is -0.116. The molecular weight excluding hydrogens is 452 g/mol. The number of hydrogen-bond donors (Lipinski definition) is 1. The second-order valence-electron chi connectivity index (χ2n) is 8.40. The Morgan fingerprint density at radius 2 is 1.71 bits per heavy atom. The highest BCUT2D eigenvalue weighted by Gasteiger charge is 2.27. The third-order valence-corrected chi connectivity index (χ3v) is 7.92. The molecule has 1 aliphatic rings. The number of anilines is 1. The summed E-state index contributed by atoms with van der Waals surface area (Å²) < 4.78 is 33.1. The molecule has 8 nitrogen and oxygen atoms in total. The summed E-state index contributed by atoms with van der Waals surface area (Å²) in [5.41, 5.74) is 2.66. The summed E-state index contributed by atoms with van der Waals surface area (Å²) in [6, 6.07) is 14.3. The molecule has 0 bridgehead atoms. The molecule has 0 saturated carbocycles. The number of hydrogen-bond acceptors (Lipinski definition) is 6. The molecule has 0 unspecified atom stereocenters. The quantitative estimate of drug-likeness (QED) is 0.528. The molecule has 2 heterocycles. The van der Waals surface area contributed by atoms with Crippen LogP contribution in [-0.2, 0) is 21.2 Å². The summed E-state index contributed by atoms with van der Waals surface area (Å²) in [6.07, 6.45) is 2.24. The van der Waals surface area contributed by atoms with E-state index in [1.165, 1.54) is 9.87 Å². The second-order valence-corrected chi connectivity index (χ2v) is 10.3. The Morgan fingerprint density at radius 1 is 1.03 bits per heavy atom. The number of sulfonamides is 1. The highest BCUT2D eigenvalue weighted by Crippen LogP contribution is 2.22. The molecule has 1 aliphatic heterocycles. The zero-order valence-corrected chi connectivity index (χ0v) is 20.3. The molecule has 4 rings (SSSR count). The average molecular weight is 483 g/mol. The molecule has 0 radical (unpaired) electrons. The van der Waals surface area contributed by atoms with Gasteiger partial charge in [-0.1, -0.05) is 36.8 Å². The van der Waals surface area contributed by atoms with Crippen LogP contribution in [0, 0.1) is 6.92 Å². The molecule has 1 N–H and O–H groups in total. The van der Waals surface area contributed by atoms with Crippen molar-refractivity contribution in [2.75, 3.05) is 38.0 Å². The first-order valence-electron chi connectivity index (χ1n) is 11.5. The van der Waals surface area contributed by atoms with Crippen LogP contribution in [0.15, 0.2) is 64.0 Å². The van der Waals surface area contributed by atoms with Gasteiger partial charge in [-0.05, 0) is 37.7 Å². The van der Waals surface area contributed by atoms with Gasteiger partial charge in [0.25, 0.3) is 0 Å². The van der Waals surface area contributed by atoms with Gasteiger partial charge >= 0.3 is 0 Å². The molecule has 2 aromatic carbocycles. The van der Waals surface area contributed by atoms with E-state index < -0.39 is 10.0 Å². The highest BCUT2D eigenvalue weighted by atomic mass is 32.2. The van der Waals surface area contributed by atoms with Gasteiger partial charge in [0.05, 0.1) is 11.1 Å². The zero-order valence-electron chi connectivity index (χ0n) is 19.5. The maximum Gasteiger partial charge on any atom is 0.243 e. The van der Waals surface area contributed by atoms with Gasteiger partial charge in [-0.15, -0.1) is 0 Å². The predicted molar refractivity (Wildman–Crippen MR) is 131 cm³/mol. The number of piperazine rings is 1. The van der Waals surface area contributed by atoms with E-state index in [2.05, 4.69) is 22.1 Å². The Morgan fingerprint density at radius 3 is 2.35 bits per heavy atom. The van der Waals surface area contributed by atoms with Crippen molar-refractivity contribution < 1.29 is 17.6 Å². The van der Waals surface area contributed by atoms with Crippen molar-refractivity contribution in [1.82, 2.24) is 14.2 Å². The lowest BCUT2D eigenvalue weighted by Gasteiger charge is -2.33. The number of aromatic nitrogens is 1. The summed E-state index contributed by atoms with van der Waals surface area (Å²) in [5, 5.41) is 2.81. The van der Waals surface area contributed by atoms with Crippen LogP contribution in [-0.4, -0.2) is 61.2 Å². The van der Waals surface area contributed by atoms with Gasteiger partial charge in [-0.25, -0.2) is 13.4 Å². The fourth-order valence-electron chi connectivity index (χ4n) is 3.87. The number of carbonyl (C=O) groups excluding carboxylic acids is 1. The Labute approximate surface area is 200 Å². The normalized spacial score (nSPS) is 15.4. The summed E-state index contributed by atoms with van der Waals surface area (Å²) in [6.45, 7) is 7.47. The Balaban J connectivity index is 1.30. The molecule has 1 aromatic heterocycles. The maximum atomic E-state index is 12.9. The monoisotopic (exact) mass is 482 g/mol. The van der Waals surface area contributed by atoms with Crippen LogP contribution < -0.4 is 5.32 Å². The third kappa shape index (κ3) is 5.72. The number of oxazole rings is 1. The smallest absolute Gasteiger partial charge is 0.243 e. The Hall–Kier alpha value is -3.01. The topological polar surface area (TPSA) is 95.8 Å². The van der Waals surface area contributed by atoms with Crippen LogP contribution in [0.2, 0.25) is 0 Å². The number of carbonyl (C=O) groups is 1. The summed E-state index contributed by atoms with van der Waals surface area (Å²) in [5.74, 6) is 0.972. The number of aryl methyl sites for hydroxylation is 2. The van der Waals surface area contributed by atoms with E-state index in [0.29, 0.717) is 36.8 Å². The molecule has 34 heavy (non-hydrogen) atoms. The zero-order chi connectivity index (χ0) is 24.1. The molecule has 0 aliphatic carbocycles. The number of amides is 1. The van der Waals surface area contributed by atoms with Crippen molar-refractivity contribution in [3.63, 3.8) is 0 Å². The van der Waals surface area contributed by atoms with Crippen LogP contribution >= 0.6 is 0 Å². The standard InChI is InChI=1S/C25H30N4O4S/c1-3-28-14-16-29(17-15-28)34(31,32)22-10-8-21(9-11-22)27-24(30)12-13-25-26-18-23(33-25)20-6-4-19(2)5-7-20/h4-11,18H,3,12-17H2,1-2H3,(H,27,30). The average Bonchev–Trinajstić information content (AvgIpc) is 3.33. The van der Waals surface area contributed by atoms with E-state index in [0.717, 1.165) is 25.2 Å². The molecule has 0 atom stereocenters. The van der Waals surface area contributed by atoms with Crippen molar-refractivity contribution in [2.45, 2.75) is 31.6 Å². The van der Waals surface area contributed by atoms with E-state index in [4.69, 9.17) is 4.42 Å². The van der Waals surface area contributed by atoms with E-state index >= 15 is 0 Å². The second kappa shape index (κ2) is 10.5. The first kappa shape index (κ1) is 24.1. The SMILES string of the molecule is CCN1CCN(S(=O)(=O)c2ccc(NC(=O)CCc3ncc(-c4ccc(C)cc4)o3)cc2)CC1. The number of nitrogens with one attached hydrogen (secondary N) is 1. The van der Waals surface area contributed by atoms with Crippen molar-refractivity contribution in [2.24, 2.45) is 0 Å². The summed E-state index contributed by atoms with van der Waals surface area (Å²) >= 11 is 0. The minimum Gasteiger partial charge on any atom is -0.441 e. The molecule has 9 heteroatoms. The highest BCUT2D eigenvalue weighted by molar-refractivity contribution is 7.89. The molecule has 1 fully saturated rings. The van der Waals surface area contributed by atoms with Crippen LogP contribution in [0.5, 0.6) is 0 Å². The van der Waals surface area contributed by atoms with Crippen molar-refractivity contribution in [1.29, 1.82) is 0 Å². The Kier molecular flexibility index (Phi) is 7.45. The van der Waals surface area contributed by atoms with Gasteiger partial charge in [0.15, 0.2) is 11.7 Å². The largest absolute Gasteiger partial charge is 0.441 e. The fraction of sp³-hybridized carbons (Fsp3) is 0.360. The molecule has 1 saturated heterocycles. The van der Waals surface area contributed by atoms with E-state index in [-0.39, 0.29) is 17.2 Å². The van der Waals surface area contributed by atoms with Crippen molar-refractivity contribution >= 4 is 21.6 Å². The van der Waals surface area contributed by atoms with E-state index in [1.54, 1.807) is 30.5 Å². The molecule has 0 spiro atoms. The first-order valence-corrected chi connectivity index (χ1v) is 12.9. The number of rotatable bonds is 8. The van der Waals surface area contributed by atoms with Gasteiger partial charge in [0, 0.05) is 50.3 Å². The van der Waals surface area contributed by atoms with Crippen molar-refractivity contribution in [3.05, 3.63) is 66.2 Å². The lowest BCUT2D eigenvalue weighted by atomic mass is 10.1. The van der Waals surface area contributed by atoms with Gasteiger partial charge in [0.2, 0.25) is 15.9 Å². The van der Waals surface area contributed by atoms with E-state index in [9.17, 15) is 13.2 Å². The number of nitrogens with zero attached hydrogens (tertiary/aromatic N) is 3. The maximum absolute atomic E-state index is 12.9. The molecule has 3 aromatic rings.